The van der Waals surface area contributed by atoms with E-state index in [4.69, 9.17) is 46.9 Å². The molecular weight excluding hydrogens is 761 g/mol. The van der Waals surface area contributed by atoms with Gasteiger partial charge in [-0.2, -0.15) is 0 Å². The van der Waals surface area contributed by atoms with Crippen LogP contribution in [0.15, 0.2) is 24.3 Å². The molecule has 2 aliphatic heterocycles. The van der Waals surface area contributed by atoms with Crippen molar-refractivity contribution >= 4 is 58.3 Å². The maximum atomic E-state index is 13.6. The van der Waals surface area contributed by atoms with Gasteiger partial charge in [-0.25, -0.2) is 4.79 Å². The van der Waals surface area contributed by atoms with Crippen molar-refractivity contribution in [3.05, 3.63) is 45.4 Å². The maximum absolute atomic E-state index is 13.6. The smallest absolute Gasteiger partial charge is 0.337 e. The third kappa shape index (κ3) is 10.5. The molecule has 3 aliphatic rings. The van der Waals surface area contributed by atoms with Crippen LogP contribution >= 0.6 is 23.2 Å². The second-order valence-electron chi connectivity index (χ2n) is 15.7. The molecule has 3 amide bonds. The van der Waals surface area contributed by atoms with E-state index in [1.807, 2.05) is 4.90 Å². The van der Waals surface area contributed by atoms with E-state index in [-0.39, 0.29) is 40.4 Å². The number of methoxy groups -OCH3 is 3. The quantitative estimate of drug-likeness (QED) is 0.136. The molecule has 14 heteroatoms. The average molecular weight is 821 g/mol. The molecule has 1 fully saturated rings. The maximum Gasteiger partial charge on any atom is 0.337 e. The number of anilines is 2. The van der Waals surface area contributed by atoms with Crippen LogP contribution < -0.4 is 19.3 Å². The molecule has 56 heavy (non-hydrogen) atoms. The Hall–Kier alpha value is -3.58. The Morgan fingerprint density at radius 1 is 0.750 bits per heavy atom. The van der Waals surface area contributed by atoms with Gasteiger partial charge < -0.3 is 38.4 Å². The van der Waals surface area contributed by atoms with Gasteiger partial charge in [0.1, 0.15) is 0 Å². The standard InChI is InChI=1S/C25H37ClN2O4.C17H22ClNO5/c1-17(2)28(19-11-7-6-8-12-19)23(29)18-15-20(26)22-21(16-18)27(13-9-10-14-31-5)24(30)25(3,4)32-22;1-17(2)16(21)19(7-5-6-8-22-3)13-10-11(15(20)23-4)9-12(18)14(13)24-17/h15-17,19H,6-14H2,1-5H3;9-10H,5-8H2,1-4H3. The minimum absolute atomic E-state index is 0.0341. The van der Waals surface area contributed by atoms with Crippen LogP contribution in [0, 0.1) is 0 Å². The van der Waals surface area contributed by atoms with Crippen molar-refractivity contribution in [3.8, 4) is 11.5 Å². The summed E-state index contributed by atoms with van der Waals surface area (Å²) in [7, 11) is 4.60. The summed E-state index contributed by atoms with van der Waals surface area (Å²) in [4.78, 5) is 56.7. The van der Waals surface area contributed by atoms with E-state index in [0.29, 0.717) is 59.8 Å². The average Bonchev–Trinajstić information content (AvgIpc) is 3.15. The lowest BCUT2D eigenvalue weighted by atomic mass is 9.92. The molecule has 0 aromatic heterocycles. The SMILES string of the molecule is COCCCCN1C(=O)C(C)(C)Oc2c(Cl)cc(C(=O)N(C(C)C)C3CCCCC3)cc21.COCCCCN1C(=O)C(C)(C)Oc2c(Cl)cc(C(=O)OC)cc21. The molecule has 310 valence electrons. The topological polar surface area (TPSA) is 124 Å². The zero-order valence-electron chi connectivity index (χ0n) is 34.4. The summed E-state index contributed by atoms with van der Waals surface area (Å²) in [6.07, 6.45) is 8.80. The Balaban J connectivity index is 0.000000259. The predicted molar refractivity (Wildman–Crippen MR) is 219 cm³/mol. The number of hydrogen-bond acceptors (Lipinski definition) is 9. The third-order valence-corrected chi connectivity index (χ3v) is 10.8. The molecule has 0 N–H and O–H groups in total. The van der Waals surface area contributed by atoms with Gasteiger partial charge in [0.15, 0.2) is 22.7 Å². The minimum atomic E-state index is -1.02. The molecule has 2 aromatic rings. The molecule has 2 heterocycles. The number of unbranched alkanes of at least 4 members (excludes halogenated alkanes) is 2. The van der Waals surface area contributed by atoms with Crippen LogP contribution in [-0.4, -0.2) is 99.5 Å². The number of amides is 3. The fraction of sp³-hybridized carbons (Fsp3) is 0.619. The van der Waals surface area contributed by atoms with Crippen LogP contribution in [0.1, 0.15) is 120 Å². The number of esters is 1. The zero-order valence-corrected chi connectivity index (χ0v) is 35.9. The van der Waals surface area contributed by atoms with Gasteiger partial charge in [-0.1, -0.05) is 42.5 Å². The van der Waals surface area contributed by atoms with Gasteiger partial charge in [0.25, 0.3) is 17.7 Å². The van der Waals surface area contributed by atoms with Gasteiger partial charge in [0, 0.05) is 58.2 Å². The highest BCUT2D eigenvalue weighted by molar-refractivity contribution is 6.34. The van der Waals surface area contributed by atoms with E-state index in [1.54, 1.807) is 69.9 Å². The molecule has 1 aliphatic carbocycles. The molecule has 0 unspecified atom stereocenters. The third-order valence-electron chi connectivity index (χ3n) is 10.3. The van der Waals surface area contributed by atoms with Crippen molar-refractivity contribution in [2.75, 3.05) is 57.4 Å². The van der Waals surface area contributed by atoms with Gasteiger partial charge in [-0.15, -0.1) is 0 Å². The monoisotopic (exact) mass is 819 g/mol. The highest BCUT2D eigenvalue weighted by Crippen LogP contribution is 2.45. The Labute approximate surface area is 342 Å². The number of carbonyl (C=O) groups excluding carboxylic acids is 4. The lowest BCUT2D eigenvalue weighted by Crippen LogP contribution is -2.53. The summed E-state index contributed by atoms with van der Waals surface area (Å²) in [5, 5.41) is 0.635. The summed E-state index contributed by atoms with van der Waals surface area (Å²) >= 11 is 12.9. The number of hydrogen-bond donors (Lipinski definition) is 0. The first-order valence-electron chi connectivity index (χ1n) is 19.6. The van der Waals surface area contributed by atoms with Gasteiger partial charge in [0.05, 0.1) is 34.1 Å². The summed E-state index contributed by atoms with van der Waals surface area (Å²) in [6, 6.07) is 6.87. The van der Waals surface area contributed by atoms with Gasteiger partial charge in [-0.3, -0.25) is 14.4 Å². The Morgan fingerprint density at radius 3 is 1.62 bits per heavy atom. The van der Waals surface area contributed by atoms with E-state index in [2.05, 4.69) is 13.8 Å². The van der Waals surface area contributed by atoms with Crippen LogP contribution in [0.2, 0.25) is 10.0 Å². The van der Waals surface area contributed by atoms with Crippen molar-refractivity contribution in [2.24, 2.45) is 0 Å². The number of rotatable bonds is 14. The molecule has 0 bridgehead atoms. The Bertz CT molecular complexity index is 1730. The minimum Gasteiger partial charge on any atom is -0.474 e. The van der Waals surface area contributed by atoms with Crippen molar-refractivity contribution < 1.29 is 42.9 Å². The number of halogens is 2. The molecule has 0 spiro atoms. The molecule has 2 aromatic carbocycles. The van der Waals surface area contributed by atoms with Gasteiger partial charge in [-0.05, 0) is 104 Å². The van der Waals surface area contributed by atoms with Gasteiger partial charge >= 0.3 is 5.97 Å². The van der Waals surface area contributed by atoms with Crippen LogP contribution in [0.25, 0.3) is 0 Å². The largest absolute Gasteiger partial charge is 0.474 e. The number of carbonyl (C=O) groups is 4. The highest BCUT2D eigenvalue weighted by Gasteiger charge is 2.44. The first-order valence-corrected chi connectivity index (χ1v) is 20.3. The number of fused-ring (bicyclic) bond motifs is 2. The van der Waals surface area contributed by atoms with Gasteiger partial charge in [0.2, 0.25) is 0 Å². The number of nitrogens with zero attached hydrogens (tertiary/aromatic N) is 3. The predicted octanol–water partition coefficient (Wildman–Crippen LogP) is 8.51. The number of benzene rings is 2. The van der Waals surface area contributed by atoms with E-state index in [9.17, 15) is 19.2 Å². The van der Waals surface area contributed by atoms with Crippen molar-refractivity contribution in [1.29, 1.82) is 0 Å². The van der Waals surface area contributed by atoms with E-state index in [1.165, 1.54) is 19.6 Å². The van der Waals surface area contributed by atoms with Crippen molar-refractivity contribution in [1.82, 2.24) is 4.90 Å². The van der Waals surface area contributed by atoms with Crippen molar-refractivity contribution in [3.63, 3.8) is 0 Å². The fourth-order valence-corrected chi connectivity index (χ4v) is 7.90. The summed E-state index contributed by atoms with van der Waals surface area (Å²) in [5.74, 6) is 0.0140. The summed E-state index contributed by atoms with van der Waals surface area (Å²) in [5.41, 5.74) is -0.190. The lowest BCUT2D eigenvalue weighted by Gasteiger charge is -2.40. The van der Waals surface area contributed by atoms with Crippen molar-refractivity contribution in [2.45, 2.75) is 123 Å². The molecular formula is C42H59Cl2N3O9. The van der Waals surface area contributed by atoms with E-state index < -0.39 is 17.2 Å². The summed E-state index contributed by atoms with van der Waals surface area (Å²) in [6.45, 7) is 13.3. The zero-order chi connectivity index (χ0) is 41.4. The van der Waals surface area contributed by atoms with Crippen LogP contribution in [0.5, 0.6) is 11.5 Å². The van der Waals surface area contributed by atoms with Crippen LogP contribution in [0.3, 0.4) is 0 Å². The molecule has 5 rings (SSSR count). The molecule has 12 nitrogen and oxygen atoms in total. The molecule has 0 atom stereocenters. The van der Waals surface area contributed by atoms with E-state index >= 15 is 0 Å². The Morgan fingerprint density at radius 2 is 1.20 bits per heavy atom. The normalized spacial score (nSPS) is 17.3. The molecule has 1 saturated carbocycles. The Kier molecular flexibility index (Phi) is 15.9. The van der Waals surface area contributed by atoms with Crippen LogP contribution in [0.4, 0.5) is 11.4 Å². The van der Waals surface area contributed by atoms with Crippen LogP contribution in [-0.2, 0) is 23.8 Å². The van der Waals surface area contributed by atoms with E-state index in [0.717, 1.165) is 51.4 Å². The first-order chi connectivity index (χ1) is 26.5. The second-order valence-corrected chi connectivity index (χ2v) is 16.6. The summed E-state index contributed by atoms with van der Waals surface area (Å²) < 4.78 is 26.7. The second kappa shape index (κ2) is 19.7. The molecule has 0 radical (unpaired) electrons. The highest BCUT2D eigenvalue weighted by atomic mass is 35.5. The molecule has 0 saturated heterocycles. The first kappa shape index (κ1) is 45.1. The number of ether oxygens (including phenoxy) is 5. The fourth-order valence-electron chi connectivity index (χ4n) is 7.39. The lowest BCUT2D eigenvalue weighted by molar-refractivity contribution is -0.133.